The fourth-order valence-electron chi connectivity index (χ4n) is 7.78. The van der Waals surface area contributed by atoms with Crippen molar-refractivity contribution in [3.63, 3.8) is 0 Å². The van der Waals surface area contributed by atoms with Crippen molar-refractivity contribution in [2.24, 2.45) is 0 Å². The van der Waals surface area contributed by atoms with E-state index in [2.05, 4.69) is 38.2 Å². The number of carbonyl (C=O) groups is 2. The topological polar surface area (TPSA) is 231 Å². The van der Waals surface area contributed by atoms with Crippen molar-refractivity contribution in [1.82, 2.24) is 0 Å². The van der Waals surface area contributed by atoms with Gasteiger partial charge in [-0.2, -0.15) is 0 Å². The summed E-state index contributed by atoms with van der Waals surface area (Å²) in [7, 11) is 0. The van der Waals surface area contributed by atoms with Gasteiger partial charge in [-0.1, -0.05) is 147 Å². The van der Waals surface area contributed by atoms with E-state index in [0.29, 0.717) is 12.8 Å². The molecule has 0 aromatic heterocycles. The summed E-state index contributed by atoms with van der Waals surface area (Å²) >= 11 is 0. The standard InChI is InChI=1S/C49H88O15/c1-3-5-7-9-11-13-14-15-16-17-18-19-20-21-22-24-26-28-30-32-41(52)62-37(34-59-40(51)31-29-27-25-23-12-10-8-6-4-2)35-60-48-47(58)45(56)43(54)39(64-48)36-61-49-46(57)44(55)42(53)38(33-50)63-49/h11,13,15-16,37-39,42-50,53-58H,3-10,12,14,17-36H2,1-2H3/b13-11-,16-15-. The minimum Gasteiger partial charge on any atom is -0.462 e. The third kappa shape index (κ3) is 25.2. The van der Waals surface area contributed by atoms with Gasteiger partial charge >= 0.3 is 11.9 Å². The van der Waals surface area contributed by atoms with Gasteiger partial charge in [0.25, 0.3) is 0 Å². The molecule has 0 bridgehead atoms. The van der Waals surface area contributed by atoms with Crippen LogP contribution in [0.2, 0.25) is 0 Å². The molecule has 11 unspecified atom stereocenters. The van der Waals surface area contributed by atoms with E-state index in [4.69, 9.17) is 28.4 Å². The maximum atomic E-state index is 13.0. The van der Waals surface area contributed by atoms with E-state index in [-0.39, 0.29) is 26.1 Å². The molecule has 2 heterocycles. The first kappa shape index (κ1) is 58.1. The maximum Gasteiger partial charge on any atom is 0.306 e. The van der Waals surface area contributed by atoms with Gasteiger partial charge in [0.15, 0.2) is 18.7 Å². The fraction of sp³-hybridized carbons (Fsp3) is 0.878. The molecule has 11 atom stereocenters. The Morgan fingerprint density at radius 2 is 0.938 bits per heavy atom. The highest BCUT2D eigenvalue weighted by Crippen LogP contribution is 2.26. The first-order valence-corrected chi connectivity index (χ1v) is 24.9. The molecule has 7 N–H and O–H groups in total. The second-order valence-corrected chi connectivity index (χ2v) is 17.6. The molecule has 0 aromatic carbocycles. The smallest absolute Gasteiger partial charge is 0.306 e. The largest absolute Gasteiger partial charge is 0.462 e. The average molecular weight is 917 g/mol. The van der Waals surface area contributed by atoms with Crippen LogP contribution in [-0.2, 0) is 38.0 Å². The molecule has 2 rings (SSSR count). The van der Waals surface area contributed by atoms with E-state index in [9.17, 15) is 45.3 Å². The van der Waals surface area contributed by atoms with E-state index in [1.54, 1.807) is 0 Å². The third-order valence-corrected chi connectivity index (χ3v) is 11.9. The first-order chi connectivity index (χ1) is 31.0. The Kier molecular flexibility index (Phi) is 33.6. The van der Waals surface area contributed by atoms with E-state index >= 15 is 0 Å². The van der Waals surface area contributed by atoms with Crippen LogP contribution >= 0.6 is 0 Å². The lowest BCUT2D eigenvalue weighted by atomic mass is 9.98. The van der Waals surface area contributed by atoms with Crippen LogP contribution in [0.3, 0.4) is 0 Å². The maximum absolute atomic E-state index is 13.0. The van der Waals surface area contributed by atoms with E-state index in [1.807, 2.05) is 0 Å². The number of unbranched alkanes of at least 4 members (excludes halogenated alkanes) is 20. The number of ether oxygens (including phenoxy) is 6. The Morgan fingerprint density at radius 3 is 1.48 bits per heavy atom. The second-order valence-electron chi connectivity index (χ2n) is 17.6. The zero-order valence-electron chi connectivity index (χ0n) is 39.3. The Hall–Kier alpha value is -2.02. The van der Waals surface area contributed by atoms with Crippen molar-refractivity contribution in [2.75, 3.05) is 26.4 Å². The third-order valence-electron chi connectivity index (χ3n) is 11.9. The lowest BCUT2D eigenvalue weighted by molar-refractivity contribution is -0.332. The van der Waals surface area contributed by atoms with Crippen LogP contribution in [0.15, 0.2) is 24.3 Å². The summed E-state index contributed by atoms with van der Waals surface area (Å²) in [4.78, 5) is 25.6. The summed E-state index contributed by atoms with van der Waals surface area (Å²) in [6.07, 6.45) is 19.3. The van der Waals surface area contributed by atoms with E-state index < -0.39 is 92.7 Å². The van der Waals surface area contributed by atoms with Gasteiger partial charge in [0.1, 0.15) is 55.4 Å². The summed E-state index contributed by atoms with van der Waals surface area (Å²) in [6.45, 7) is 2.54. The van der Waals surface area contributed by atoms with Gasteiger partial charge in [0.05, 0.1) is 19.8 Å². The zero-order valence-corrected chi connectivity index (χ0v) is 39.3. The molecular formula is C49H88O15. The number of aliphatic hydroxyl groups is 7. The number of rotatable bonds is 38. The summed E-state index contributed by atoms with van der Waals surface area (Å²) in [5.41, 5.74) is 0. The molecule has 2 saturated heterocycles. The molecule has 0 spiro atoms. The summed E-state index contributed by atoms with van der Waals surface area (Å²) in [5, 5.41) is 71.9. The van der Waals surface area contributed by atoms with Gasteiger partial charge in [-0.3, -0.25) is 9.59 Å². The summed E-state index contributed by atoms with van der Waals surface area (Å²) < 4.78 is 33.5. The quantitative estimate of drug-likeness (QED) is 0.0203. The van der Waals surface area contributed by atoms with Crippen LogP contribution in [0.4, 0.5) is 0 Å². The zero-order chi connectivity index (χ0) is 46.8. The molecule has 0 radical (unpaired) electrons. The molecule has 15 nitrogen and oxygen atoms in total. The van der Waals surface area contributed by atoms with Gasteiger partial charge < -0.3 is 64.2 Å². The predicted molar refractivity (Wildman–Crippen MR) is 243 cm³/mol. The highest BCUT2D eigenvalue weighted by Gasteiger charge is 2.47. The number of aliphatic hydroxyl groups excluding tert-OH is 7. The van der Waals surface area contributed by atoms with Crippen molar-refractivity contribution in [3.05, 3.63) is 24.3 Å². The Labute approximate surface area is 383 Å². The normalized spacial score (nSPS) is 26.8. The summed E-state index contributed by atoms with van der Waals surface area (Å²) in [5.74, 6) is -0.929. The molecule has 0 aromatic rings. The molecule has 2 aliphatic heterocycles. The predicted octanol–water partition coefficient (Wildman–Crippen LogP) is 6.38. The minimum absolute atomic E-state index is 0.163. The number of esters is 2. The lowest BCUT2D eigenvalue weighted by Crippen LogP contribution is -2.61. The molecule has 2 fully saturated rings. The number of hydrogen-bond acceptors (Lipinski definition) is 15. The van der Waals surface area contributed by atoms with Gasteiger partial charge in [-0.15, -0.1) is 0 Å². The SMILES string of the molecule is CCCCC/C=C\C/C=C\CCCCCCCCCCCC(=O)OC(COC(=O)CCCCCCCCCCC)COC1OC(COC2OC(CO)C(O)C(O)C2O)C(O)C(O)C1O. The van der Waals surface area contributed by atoms with Crippen molar-refractivity contribution < 1.29 is 73.8 Å². The molecule has 15 heteroatoms. The van der Waals surface area contributed by atoms with Crippen LogP contribution in [0.5, 0.6) is 0 Å². The molecule has 0 aliphatic carbocycles. The van der Waals surface area contributed by atoms with Crippen molar-refractivity contribution >= 4 is 11.9 Å². The number of carbonyl (C=O) groups excluding carboxylic acids is 2. The van der Waals surface area contributed by atoms with Gasteiger partial charge in [-0.25, -0.2) is 0 Å². The molecule has 374 valence electrons. The Bertz CT molecular complexity index is 1220. The number of hydrogen-bond donors (Lipinski definition) is 7. The van der Waals surface area contributed by atoms with Crippen LogP contribution in [0.25, 0.3) is 0 Å². The Morgan fingerprint density at radius 1 is 0.500 bits per heavy atom. The van der Waals surface area contributed by atoms with Crippen molar-refractivity contribution in [2.45, 2.75) is 248 Å². The van der Waals surface area contributed by atoms with E-state index in [0.717, 1.165) is 57.8 Å². The Balaban J connectivity index is 1.79. The van der Waals surface area contributed by atoms with Gasteiger partial charge in [-0.05, 0) is 44.9 Å². The summed E-state index contributed by atoms with van der Waals surface area (Å²) in [6, 6.07) is 0. The molecule has 64 heavy (non-hydrogen) atoms. The second kappa shape index (κ2) is 37.0. The monoisotopic (exact) mass is 917 g/mol. The fourth-order valence-corrected chi connectivity index (χ4v) is 7.78. The minimum atomic E-state index is -1.76. The van der Waals surface area contributed by atoms with Crippen LogP contribution < -0.4 is 0 Å². The van der Waals surface area contributed by atoms with Crippen LogP contribution in [0.1, 0.15) is 181 Å². The average Bonchev–Trinajstić information content (AvgIpc) is 3.29. The molecular weight excluding hydrogens is 829 g/mol. The van der Waals surface area contributed by atoms with E-state index in [1.165, 1.54) is 83.5 Å². The highest BCUT2D eigenvalue weighted by molar-refractivity contribution is 5.70. The molecule has 0 amide bonds. The highest BCUT2D eigenvalue weighted by atomic mass is 16.7. The van der Waals surface area contributed by atoms with Gasteiger partial charge in [0, 0.05) is 12.8 Å². The molecule has 2 aliphatic rings. The van der Waals surface area contributed by atoms with Crippen LogP contribution in [0, 0.1) is 0 Å². The van der Waals surface area contributed by atoms with Gasteiger partial charge in [0.2, 0.25) is 0 Å². The van der Waals surface area contributed by atoms with Crippen LogP contribution in [-0.4, -0.2) is 142 Å². The van der Waals surface area contributed by atoms with Crippen molar-refractivity contribution in [3.8, 4) is 0 Å². The first-order valence-electron chi connectivity index (χ1n) is 24.9. The number of allylic oxidation sites excluding steroid dienone is 4. The lowest BCUT2D eigenvalue weighted by Gasteiger charge is -2.42. The molecule has 0 saturated carbocycles. The van der Waals surface area contributed by atoms with Crippen molar-refractivity contribution in [1.29, 1.82) is 0 Å².